The number of carbonyl (C=O) groups is 1. The molecular formula is C20H25BrN2O3. The lowest BCUT2D eigenvalue weighted by Gasteiger charge is -2.17. The number of hydrogen-bond acceptors (Lipinski definition) is 4. The maximum absolute atomic E-state index is 12.2. The number of hydrogen-bond donors (Lipinski definition) is 1. The van der Waals surface area contributed by atoms with E-state index in [9.17, 15) is 4.79 Å². The third-order valence-corrected chi connectivity index (χ3v) is 4.38. The minimum absolute atomic E-state index is 0.0194. The van der Waals surface area contributed by atoms with E-state index in [1.807, 2.05) is 61.3 Å². The number of rotatable bonds is 9. The molecule has 1 N–H and O–H groups in total. The Morgan fingerprint density at radius 2 is 1.85 bits per heavy atom. The van der Waals surface area contributed by atoms with E-state index < -0.39 is 0 Å². The minimum atomic E-state index is -0.0194. The van der Waals surface area contributed by atoms with E-state index in [0.717, 1.165) is 40.2 Å². The first-order valence-corrected chi connectivity index (χ1v) is 9.28. The van der Waals surface area contributed by atoms with Gasteiger partial charge in [-0.05, 0) is 68.4 Å². The number of nitrogens with one attached hydrogen (secondary N) is 1. The van der Waals surface area contributed by atoms with Crippen molar-refractivity contribution in [3.63, 3.8) is 0 Å². The second-order valence-corrected chi connectivity index (χ2v) is 7.04. The van der Waals surface area contributed by atoms with Crippen LogP contribution in [0.1, 0.15) is 12.0 Å². The summed E-state index contributed by atoms with van der Waals surface area (Å²) in [6, 6.07) is 13.3. The van der Waals surface area contributed by atoms with Gasteiger partial charge in [-0.2, -0.15) is 0 Å². The van der Waals surface area contributed by atoms with Crippen molar-refractivity contribution in [1.29, 1.82) is 0 Å². The van der Waals surface area contributed by atoms with Crippen molar-refractivity contribution in [1.82, 2.24) is 4.90 Å². The van der Waals surface area contributed by atoms with E-state index in [0.29, 0.717) is 13.2 Å². The third kappa shape index (κ3) is 6.69. The first-order chi connectivity index (χ1) is 12.5. The summed E-state index contributed by atoms with van der Waals surface area (Å²) in [6.07, 6.45) is 0.840. The summed E-state index contributed by atoms with van der Waals surface area (Å²) in [7, 11) is 3.57. The number of aryl methyl sites for hydroxylation is 1. The van der Waals surface area contributed by atoms with E-state index in [1.54, 1.807) is 7.11 Å². The smallest absolute Gasteiger partial charge is 0.238 e. The molecule has 6 heteroatoms. The van der Waals surface area contributed by atoms with Crippen LogP contribution in [0.5, 0.6) is 11.5 Å². The molecule has 1 amide bonds. The average Bonchev–Trinajstić information content (AvgIpc) is 2.61. The van der Waals surface area contributed by atoms with Crippen molar-refractivity contribution >= 4 is 27.5 Å². The number of amides is 1. The second kappa shape index (κ2) is 10.2. The van der Waals surface area contributed by atoms with Gasteiger partial charge in [-0.15, -0.1) is 0 Å². The monoisotopic (exact) mass is 420 g/mol. The zero-order valence-electron chi connectivity index (χ0n) is 15.4. The van der Waals surface area contributed by atoms with Crippen LogP contribution in [0.25, 0.3) is 0 Å². The Kier molecular flexibility index (Phi) is 7.94. The third-order valence-electron chi connectivity index (χ3n) is 3.89. The van der Waals surface area contributed by atoms with Gasteiger partial charge in [0.2, 0.25) is 5.91 Å². The molecule has 0 saturated heterocycles. The van der Waals surface area contributed by atoms with Crippen LogP contribution in [0.4, 0.5) is 5.69 Å². The van der Waals surface area contributed by atoms with Crippen LogP contribution in [0, 0.1) is 6.92 Å². The molecule has 2 aromatic carbocycles. The molecule has 2 rings (SSSR count). The minimum Gasteiger partial charge on any atom is -0.497 e. The number of methoxy groups -OCH3 is 1. The Balaban J connectivity index is 1.67. The maximum Gasteiger partial charge on any atom is 0.238 e. The summed E-state index contributed by atoms with van der Waals surface area (Å²) in [5.74, 6) is 1.61. The van der Waals surface area contributed by atoms with Crippen LogP contribution in [-0.4, -0.2) is 44.7 Å². The van der Waals surface area contributed by atoms with Crippen molar-refractivity contribution in [3.05, 3.63) is 52.5 Å². The van der Waals surface area contributed by atoms with Gasteiger partial charge in [-0.25, -0.2) is 0 Å². The highest BCUT2D eigenvalue weighted by Crippen LogP contribution is 2.20. The first-order valence-electron chi connectivity index (χ1n) is 8.49. The zero-order chi connectivity index (χ0) is 18.9. The molecule has 0 fully saturated rings. The van der Waals surface area contributed by atoms with E-state index in [2.05, 4.69) is 21.2 Å². The number of anilines is 1. The van der Waals surface area contributed by atoms with Crippen LogP contribution in [0.2, 0.25) is 0 Å². The first kappa shape index (κ1) is 20.3. The van der Waals surface area contributed by atoms with Gasteiger partial charge in [0.05, 0.1) is 20.3 Å². The summed E-state index contributed by atoms with van der Waals surface area (Å²) in [5.41, 5.74) is 1.87. The van der Waals surface area contributed by atoms with Gasteiger partial charge in [0.1, 0.15) is 11.5 Å². The predicted molar refractivity (Wildman–Crippen MR) is 108 cm³/mol. The summed E-state index contributed by atoms with van der Waals surface area (Å²) in [4.78, 5) is 14.2. The number of carbonyl (C=O) groups excluding carboxylic acids is 1. The van der Waals surface area contributed by atoms with Crippen LogP contribution in [-0.2, 0) is 4.79 Å². The second-order valence-electron chi connectivity index (χ2n) is 6.12. The largest absolute Gasteiger partial charge is 0.497 e. The summed E-state index contributed by atoms with van der Waals surface area (Å²) in [6.45, 7) is 3.70. The molecule has 0 atom stereocenters. The molecule has 0 aromatic heterocycles. The molecule has 0 spiro atoms. The Morgan fingerprint density at radius 3 is 2.50 bits per heavy atom. The van der Waals surface area contributed by atoms with Crippen LogP contribution in [0.15, 0.2) is 46.9 Å². The van der Waals surface area contributed by atoms with Gasteiger partial charge < -0.3 is 14.8 Å². The topological polar surface area (TPSA) is 50.8 Å². The number of benzene rings is 2. The van der Waals surface area contributed by atoms with Gasteiger partial charge in [0.25, 0.3) is 0 Å². The summed E-state index contributed by atoms with van der Waals surface area (Å²) in [5, 5.41) is 2.95. The highest BCUT2D eigenvalue weighted by atomic mass is 79.9. The van der Waals surface area contributed by atoms with Crippen LogP contribution < -0.4 is 14.8 Å². The molecule has 5 nitrogen and oxygen atoms in total. The molecule has 0 aliphatic carbocycles. The lowest BCUT2D eigenvalue weighted by molar-refractivity contribution is -0.117. The van der Waals surface area contributed by atoms with Crippen LogP contribution >= 0.6 is 15.9 Å². The van der Waals surface area contributed by atoms with Gasteiger partial charge in [0.15, 0.2) is 0 Å². The fourth-order valence-electron chi connectivity index (χ4n) is 2.48. The zero-order valence-corrected chi connectivity index (χ0v) is 17.0. The molecule has 26 heavy (non-hydrogen) atoms. The average molecular weight is 421 g/mol. The molecule has 0 unspecified atom stereocenters. The highest BCUT2D eigenvalue weighted by molar-refractivity contribution is 9.10. The number of nitrogens with zero attached hydrogens (tertiary/aromatic N) is 1. The van der Waals surface area contributed by atoms with Gasteiger partial charge >= 0.3 is 0 Å². The Bertz CT molecular complexity index is 719. The molecule has 0 bridgehead atoms. The number of ether oxygens (including phenoxy) is 2. The van der Waals surface area contributed by atoms with Crippen molar-refractivity contribution < 1.29 is 14.3 Å². The van der Waals surface area contributed by atoms with E-state index in [-0.39, 0.29) is 5.91 Å². The van der Waals surface area contributed by atoms with E-state index in [1.165, 1.54) is 0 Å². The lowest BCUT2D eigenvalue weighted by Crippen LogP contribution is -2.31. The van der Waals surface area contributed by atoms with Gasteiger partial charge in [0, 0.05) is 16.7 Å². The predicted octanol–water partition coefficient (Wildman–Crippen LogP) is 4.11. The normalized spacial score (nSPS) is 10.7. The number of likely N-dealkylation sites (N-methyl/N-ethyl adjacent to an activating group) is 1. The molecule has 0 saturated carbocycles. The van der Waals surface area contributed by atoms with Crippen molar-refractivity contribution in [2.45, 2.75) is 13.3 Å². The summed E-state index contributed by atoms with van der Waals surface area (Å²) >= 11 is 3.42. The van der Waals surface area contributed by atoms with E-state index >= 15 is 0 Å². The van der Waals surface area contributed by atoms with Crippen LogP contribution in [0.3, 0.4) is 0 Å². The molecular weight excluding hydrogens is 396 g/mol. The number of halogens is 1. The molecule has 0 radical (unpaired) electrons. The Labute approximate surface area is 163 Å². The quantitative estimate of drug-likeness (QED) is 0.620. The van der Waals surface area contributed by atoms with Gasteiger partial charge in [-0.1, -0.05) is 15.9 Å². The highest BCUT2D eigenvalue weighted by Gasteiger charge is 2.08. The molecule has 0 aliphatic heterocycles. The molecule has 0 heterocycles. The van der Waals surface area contributed by atoms with Crippen molar-refractivity contribution in [3.8, 4) is 11.5 Å². The van der Waals surface area contributed by atoms with E-state index in [4.69, 9.17) is 9.47 Å². The van der Waals surface area contributed by atoms with Crippen molar-refractivity contribution in [2.24, 2.45) is 0 Å². The van der Waals surface area contributed by atoms with Crippen molar-refractivity contribution in [2.75, 3.05) is 39.2 Å². The fourth-order valence-corrected chi connectivity index (χ4v) is 2.95. The lowest BCUT2D eigenvalue weighted by atomic mass is 10.2. The summed E-state index contributed by atoms with van der Waals surface area (Å²) < 4.78 is 11.8. The SMILES string of the molecule is COc1ccc(OCCCN(C)CC(=O)Nc2ccc(Br)cc2C)cc1. The Hall–Kier alpha value is -2.05. The molecule has 2 aromatic rings. The molecule has 140 valence electrons. The Morgan fingerprint density at radius 1 is 1.15 bits per heavy atom. The maximum atomic E-state index is 12.2. The standard InChI is InChI=1S/C20H25BrN2O3/c1-15-13-16(21)5-10-19(15)22-20(24)14-23(2)11-4-12-26-18-8-6-17(25-3)7-9-18/h5-10,13H,4,11-12,14H2,1-3H3,(H,22,24). The fraction of sp³-hybridized carbons (Fsp3) is 0.350. The molecule has 0 aliphatic rings. The van der Waals surface area contributed by atoms with Gasteiger partial charge in [-0.3, -0.25) is 9.69 Å².